The molecule has 0 aromatic heterocycles. The van der Waals surface area contributed by atoms with Crippen LogP contribution in [-0.4, -0.2) is 43.1 Å². The summed E-state index contributed by atoms with van der Waals surface area (Å²) < 4.78 is 34.6. The van der Waals surface area contributed by atoms with E-state index in [1.54, 1.807) is 0 Å². The topological polar surface area (TPSA) is 92.7 Å². The van der Waals surface area contributed by atoms with E-state index in [1.165, 1.54) is 11.8 Å². The van der Waals surface area contributed by atoms with Crippen LogP contribution in [0.4, 0.5) is 4.79 Å². The molecule has 8 heteroatoms. The molecule has 2 N–H and O–H groups in total. The minimum Gasteiger partial charge on any atom is -0.450 e. The Morgan fingerprint density at radius 1 is 1.44 bits per heavy atom. The van der Waals surface area contributed by atoms with Crippen molar-refractivity contribution in [3.05, 3.63) is 0 Å². The van der Waals surface area contributed by atoms with E-state index in [1.807, 2.05) is 13.2 Å². The Labute approximate surface area is 113 Å². The first-order chi connectivity index (χ1) is 8.39. The Morgan fingerprint density at radius 3 is 2.61 bits per heavy atom. The van der Waals surface area contributed by atoms with Gasteiger partial charge in [-0.15, -0.1) is 11.8 Å². The fraction of sp³-hybridized carbons (Fsp3) is 0.900. The van der Waals surface area contributed by atoms with Crippen molar-refractivity contribution < 1.29 is 22.5 Å². The lowest BCUT2D eigenvalue weighted by Gasteiger charge is -2.15. The van der Waals surface area contributed by atoms with Crippen LogP contribution in [0, 0.1) is 0 Å². The second kappa shape index (κ2) is 9.46. The molecule has 0 radical (unpaired) electrons. The SMILES string of the molecule is CCCCOC(=O)NC(CCCS(=O)(=O)O)SC. The van der Waals surface area contributed by atoms with E-state index in [0.29, 0.717) is 19.4 Å². The summed E-state index contributed by atoms with van der Waals surface area (Å²) in [6.45, 7) is 2.38. The number of rotatable bonds is 9. The van der Waals surface area contributed by atoms with Gasteiger partial charge in [0.15, 0.2) is 0 Å². The molecule has 0 aromatic rings. The predicted octanol–water partition coefficient (Wildman–Crippen LogP) is 1.87. The molecule has 0 aliphatic carbocycles. The van der Waals surface area contributed by atoms with Gasteiger partial charge in [0, 0.05) is 0 Å². The molecule has 0 aliphatic rings. The third-order valence-electron chi connectivity index (χ3n) is 2.16. The summed E-state index contributed by atoms with van der Waals surface area (Å²) in [7, 11) is -3.93. The number of alkyl carbamates (subject to hydrolysis) is 1. The van der Waals surface area contributed by atoms with Crippen molar-refractivity contribution in [2.45, 2.75) is 38.0 Å². The van der Waals surface area contributed by atoms with Gasteiger partial charge < -0.3 is 10.1 Å². The first kappa shape index (κ1) is 17.5. The monoisotopic (exact) mass is 299 g/mol. The van der Waals surface area contributed by atoms with Crippen molar-refractivity contribution in [3.8, 4) is 0 Å². The molecule has 1 unspecified atom stereocenters. The van der Waals surface area contributed by atoms with Crippen molar-refractivity contribution >= 4 is 28.0 Å². The van der Waals surface area contributed by atoms with Gasteiger partial charge in [0.05, 0.1) is 17.7 Å². The van der Waals surface area contributed by atoms with E-state index < -0.39 is 16.2 Å². The predicted molar refractivity (Wildman–Crippen MR) is 72.3 cm³/mol. The highest BCUT2D eigenvalue weighted by molar-refractivity contribution is 7.99. The summed E-state index contributed by atoms with van der Waals surface area (Å²) in [5, 5.41) is 2.43. The molecule has 0 heterocycles. The summed E-state index contributed by atoms with van der Waals surface area (Å²) in [6, 6.07) is 0. The second-order valence-electron chi connectivity index (χ2n) is 3.79. The highest BCUT2D eigenvalue weighted by Crippen LogP contribution is 2.11. The van der Waals surface area contributed by atoms with Gasteiger partial charge in [-0.3, -0.25) is 4.55 Å². The summed E-state index contributed by atoms with van der Waals surface area (Å²) >= 11 is 1.40. The van der Waals surface area contributed by atoms with E-state index in [2.05, 4.69) is 5.32 Å². The average Bonchev–Trinajstić information content (AvgIpc) is 2.26. The number of nitrogens with one attached hydrogen (secondary N) is 1. The zero-order chi connectivity index (χ0) is 14.0. The quantitative estimate of drug-likeness (QED) is 0.383. The minimum absolute atomic E-state index is 0.208. The molecule has 6 nitrogen and oxygen atoms in total. The standard InChI is InChI=1S/C10H21NO5S2/c1-3-4-7-16-10(12)11-9(17-2)6-5-8-18(13,14)15/h9H,3-8H2,1-2H3,(H,11,12)(H,13,14,15). The lowest BCUT2D eigenvalue weighted by molar-refractivity contribution is 0.143. The number of ether oxygens (including phenoxy) is 1. The second-order valence-corrected chi connectivity index (χ2v) is 6.40. The summed E-state index contributed by atoms with van der Waals surface area (Å²) in [4.78, 5) is 11.3. The molecule has 0 bridgehead atoms. The van der Waals surface area contributed by atoms with E-state index in [4.69, 9.17) is 9.29 Å². The van der Waals surface area contributed by atoms with Crippen molar-refractivity contribution in [1.82, 2.24) is 5.32 Å². The van der Waals surface area contributed by atoms with Crippen LogP contribution in [0.1, 0.15) is 32.6 Å². The maximum absolute atomic E-state index is 11.3. The zero-order valence-corrected chi connectivity index (χ0v) is 12.3. The Hall–Kier alpha value is -0.470. The van der Waals surface area contributed by atoms with E-state index in [0.717, 1.165) is 12.8 Å². The molecule has 0 fully saturated rings. The highest BCUT2D eigenvalue weighted by Gasteiger charge is 2.13. The number of carbonyl (C=O) groups is 1. The van der Waals surface area contributed by atoms with Crippen LogP contribution in [-0.2, 0) is 14.9 Å². The number of amides is 1. The zero-order valence-electron chi connectivity index (χ0n) is 10.7. The van der Waals surface area contributed by atoms with Gasteiger partial charge in [0.1, 0.15) is 0 Å². The molecular weight excluding hydrogens is 278 g/mol. The fourth-order valence-electron chi connectivity index (χ4n) is 1.18. The molecule has 1 atom stereocenters. The number of hydrogen-bond acceptors (Lipinski definition) is 5. The summed E-state index contributed by atoms with van der Waals surface area (Å²) in [6.07, 6.45) is 3.84. The Kier molecular flexibility index (Phi) is 9.21. The number of carbonyl (C=O) groups excluding carboxylic acids is 1. The Morgan fingerprint density at radius 2 is 2.11 bits per heavy atom. The van der Waals surface area contributed by atoms with Crippen molar-refractivity contribution in [1.29, 1.82) is 0 Å². The molecular formula is C10H21NO5S2. The van der Waals surface area contributed by atoms with Gasteiger partial charge in [-0.25, -0.2) is 4.79 Å². The van der Waals surface area contributed by atoms with Crippen LogP contribution in [0.3, 0.4) is 0 Å². The van der Waals surface area contributed by atoms with Crippen LogP contribution < -0.4 is 5.32 Å². The first-order valence-electron chi connectivity index (χ1n) is 5.80. The summed E-state index contributed by atoms with van der Waals surface area (Å²) in [5.41, 5.74) is 0. The van der Waals surface area contributed by atoms with Crippen LogP contribution in [0.2, 0.25) is 0 Å². The minimum atomic E-state index is -3.93. The molecule has 0 spiro atoms. The van der Waals surface area contributed by atoms with Crippen molar-refractivity contribution in [2.24, 2.45) is 0 Å². The van der Waals surface area contributed by atoms with Gasteiger partial charge in [-0.2, -0.15) is 8.42 Å². The van der Waals surface area contributed by atoms with Gasteiger partial charge in [0.2, 0.25) is 0 Å². The normalized spacial score (nSPS) is 13.1. The molecule has 0 saturated heterocycles. The molecule has 0 saturated carbocycles. The number of unbranched alkanes of at least 4 members (excludes halogenated alkanes) is 1. The lowest BCUT2D eigenvalue weighted by Crippen LogP contribution is -2.33. The molecule has 0 rings (SSSR count). The highest BCUT2D eigenvalue weighted by atomic mass is 32.2. The average molecular weight is 299 g/mol. The van der Waals surface area contributed by atoms with Crippen LogP contribution in [0.15, 0.2) is 0 Å². The maximum Gasteiger partial charge on any atom is 0.408 e. The molecule has 108 valence electrons. The molecule has 0 aromatic carbocycles. The number of hydrogen-bond donors (Lipinski definition) is 2. The van der Waals surface area contributed by atoms with Crippen LogP contribution in [0.5, 0.6) is 0 Å². The maximum atomic E-state index is 11.3. The number of thioether (sulfide) groups is 1. The fourth-order valence-corrected chi connectivity index (χ4v) is 2.33. The van der Waals surface area contributed by atoms with Crippen LogP contribution >= 0.6 is 11.8 Å². The van der Waals surface area contributed by atoms with Gasteiger partial charge >= 0.3 is 6.09 Å². The molecule has 1 amide bonds. The first-order valence-corrected chi connectivity index (χ1v) is 8.70. The smallest absolute Gasteiger partial charge is 0.408 e. The van der Waals surface area contributed by atoms with Gasteiger partial charge in [-0.05, 0) is 25.5 Å². The van der Waals surface area contributed by atoms with Crippen molar-refractivity contribution in [3.63, 3.8) is 0 Å². The largest absolute Gasteiger partial charge is 0.450 e. The molecule has 18 heavy (non-hydrogen) atoms. The van der Waals surface area contributed by atoms with Gasteiger partial charge in [0.25, 0.3) is 10.1 Å². The Balaban J connectivity index is 3.85. The lowest BCUT2D eigenvalue weighted by atomic mass is 10.3. The summed E-state index contributed by atoms with van der Waals surface area (Å²) in [5.74, 6) is -0.295. The Bertz CT molecular complexity index is 331. The third kappa shape index (κ3) is 10.7. The van der Waals surface area contributed by atoms with E-state index in [-0.39, 0.29) is 11.1 Å². The van der Waals surface area contributed by atoms with Crippen LogP contribution in [0.25, 0.3) is 0 Å². The van der Waals surface area contributed by atoms with E-state index in [9.17, 15) is 13.2 Å². The van der Waals surface area contributed by atoms with Gasteiger partial charge in [-0.1, -0.05) is 13.3 Å². The third-order valence-corrected chi connectivity index (χ3v) is 3.89. The van der Waals surface area contributed by atoms with Crippen molar-refractivity contribution in [2.75, 3.05) is 18.6 Å². The van der Waals surface area contributed by atoms with E-state index >= 15 is 0 Å². The molecule has 0 aliphatic heterocycles.